The summed E-state index contributed by atoms with van der Waals surface area (Å²) in [6, 6.07) is 4.06. The molecule has 1 N–H and O–H groups in total. The second-order valence-corrected chi connectivity index (χ2v) is 6.44. The third-order valence-electron chi connectivity index (χ3n) is 4.69. The first-order chi connectivity index (χ1) is 11.1. The number of fused-ring (bicyclic) bond motifs is 1. The average molecular weight is 316 g/mol. The molecule has 3 heterocycles. The van der Waals surface area contributed by atoms with Crippen LogP contribution in [0.1, 0.15) is 25.5 Å². The number of likely N-dealkylation sites (tertiary alicyclic amines) is 1. The molecule has 0 radical (unpaired) electrons. The van der Waals surface area contributed by atoms with Crippen LogP contribution >= 0.6 is 0 Å². The Morgan fingerprint density at radius 1 is 1.52 bits per heavy atom. The molecular formula is C17H24N4O2. The summed E-state index contributed by atoms with van der Waals surface area (Å²) in [4.78, 5) is 18.9. The summed E-state index contributed by atoms with van der Waals surface area (Å²) in [7, 11) is 3.44. The van der Waals surface area contributed by atoms with E-state index in [9.17, 15) is 4.79 Å². The summed E-state index contributed by atoms with van der Waals surface area (Å²) in [5.74, 6) is 0.920. The molecule has 1 atom stereocenters. The lowest BCUT2D eigenvalue weighted by Crippen LogP contribution is -2.48. The van der Waals surface area contributed by atoms with Gasteiger partial charge in [-0.1, -0.05) is 6.92 Å². The Kier molecular flexibility index (Phi) is 4.26. The van der Waals surface area contributed by atoms with Gasteiger partial charge in [-0.2, -0.15) is 0 Å². The Morgan fingerprint density at radius 2 is 2.35 bits per heavy atom. The zero-order valence-electron chi connectivity index (χ0n) is 14.0. The van der Waals surface area contributed by atoms with E-state index in [0.29, 0.717) is 6.54 Å². The topological polar surface area (TPSA) is 58.9 Å². The van der Waals surface area contributed by atoms with Crippen molar-refractivity contribution in [3.05, 3.63) is 30.2 Å². The Morgan fingerprint density at radius 3 is 3.09 bits per heavy atom. The molecule has 2 aromatic heterocycles. The molecule has 6 heteroatoms. The molecular weight excluding hydrogens is 292 g/mol. The van der Waals surface area contributed by atoms with Crippen molar-refractivity contribution >= 4 is 17.2 Å². The van der Waals surface area contributed by atoms with E-state index >= 15 is 0 Å². The fourth-order valence-electron chi connectivity index (χ4n) is 3.40. The van der Waals surface area contributed by atoms with Crippen molar-refractivity contribution in [1.29, 1.82) is 0 Å². The number of methoxy groups -OCH3 is 1. The van der Waals surface area contributed by atoms with Crippen LogP contribution < -0.4 is 5.32 Å². The zero-order chi connectivity index (χ0) is 16.4. The standard InChI is InChI=1S/C17H24N4O2/c1-17(7-5-9-21(12-17)15(22)11-23-3)14-10-20-8-4-6-13(20)16(18-2)19-14/h4,6,8,10H,5,7,9,11-12H2,1-3H3,(H,18,19). The van der Waals surface area contributed by atoms with Crippen LogP contribution in [-0.4, -0.2) is 54.0 Å². The first-order valence-corrected chi connectivity index (χ1v) is 8.00. The van der Waals surface area contributed by atoms with Gasteiger partial charge in [0.1, 0.15) is 12.4 Å². The predicted octanol–water partition coefficient (Wildman–Crippen LogP) is 1.90. The number of piperidine rings is 1. The van der Waals surface area contributed by atoms with Gasteiger partial charge in [0.05, 0.1) is 11.2 Å². The van der Waals surface area contributed by atoms with Crippen LogP contribution in [0.3, 0.4) is 0 Å². The highest BCUT2D eigenvalue weighted by atomic mass is 16.5. The number of carbonyl (C=O) groups is 1. The van der Waals surface area contributed by atoms with Gasteiger partial charge < -0.3 is 19.4 Å². The minimum atomic E-state index is -0.147. The number of carbonyl (C=O) groups excluding carboxylic acids is 1. The first kappa shape index (κ1) is 15.8. The Labute approximate surface area is 136 Å². The third kappa shape index (κ3) is 2.91. The van der Waals surface area contributed by atoms with E-state index < -0.39 is 0 Å². The van der Waals surface area contributed by atoms with Crippen LogP contribution in [0.5, 0.6) is 0 Å². The quantitative estimate of drug-likeness (QED) is 0.936. The number of aromatic nitrogens is 2. The summed E-state index contributed by atoms with van der Waals surface area (Å²) in [6.45, 7) is 3.80. The van der Waals surface area contributed by atoms with Crippen molar-refractivity contribution in [2.75, 3.05) is 39.2 Å². The fourth-order valence-corrected chi connectivity index (χ4v) is 3.40. The maximum absolute atomic E-state index is 12.2. The van der Waals surface area contributed by atoms with Gasteiger partial charge in [-0.15, -0.1) is 0 Å². The van der Waals surface area contributed by atoms with E-state index in [1.165, 1.54) is 0 Å². The highest BCUT2D eigenvalue weighted by Crippen LogP contribution is 2.34. The van der Waals surface area contributed by atoms with Crippen LogP contribution in [0, 0.1) is 0 Å². The second kappa shape index (κ2) is 6.20. The summed E-state index contributed by atoms with van der Waals surface area (Å²) < 4.78 is 7.09. The average Bonchev–Trinajstić information content (AvgIpc) is 3.02. The van der Waals surface area contributed by atoms with Gasteiger partial charge >= 0.3 is 0 Å². The summed E-state index contributed by atoms with van der Waals surface area (Å²) in [5, 5.41) is 3.17. The highest BCUT2D eigenvalue weighted by molar-refractivity contribution is 5.77. The van der Waals surface area contributed by atoms with E-state index in [2.05, 4.69) is 22.8 Å². The van der Waals surface area contributed by atoms with Crippen molar-refractivity contribution in [3.63, 3.8) is 0 Å². The van der Waals surface area contributed by atoms with Crippen molar-refractivity contribution in [2.24, 2.45) is 0 Å². The summed E-state index contributed by atoms with van der Waals surface area (Å²) in [6.07, 6.45) is 6.11. The van der Waals surface area contributed by atoms with Crippen LogP contribution in [-0.2, 0) is 14.9 Å². The van der Waals surface area contributed by atoms with Crippen LogP contribution in [0.4, 0.5) is 5.82 Å². The molecule has 0 saturated carbocycles. The Balaban J connectivity index is 1.94. The largest absolute Gasteiger partial charge is 0.375 e. The van der Waals surface area contributed by atoms with Gasteiger partial charge in [0.25, 0.3) is 0 Å². The Bertz CT molecular complexity index is 712. The van der Waals surface area contributed by atoms with E-state index in [4.69, 9.17) is 9.72 Å². The molecule has 1 aliphatic heterocycles. The van der Waals surface area contributed by atoms with Gasteiger partial charge in [-0.3, -0.25) is 4.79 Å². The number of amides is 1. The molecule has 1 amide bonds. The molecule has 3 rings (SSSR count). The van der Waals surface area contributed by atoms with E-state index in [0.717, 1.165) is 36.4 Å². The van der Waals surface area contributed by atoms with Gasteiger partial charge in [0.2, 0.25) is 5.91 Å². The number of hydrogen-bond acceptors (Lipinski definition) is 4. The maximum Gasteiger partial charge on any atom is 0.248 e. The van der Waals surface area contributed by atoms with Crippen LogP contribution in [0.2, 0.25) is 0 Å². The summed E-state index contributed by atoms with van der Waals surface area (Å²) in [5.41, 5.74) is 1.93. The number of anilines is 1. The molecule has 1 aliphatic rings. The second-order valence-electron chi connectivity index (χ2n) is 6.44. The number of nitrogens with one attached hydrogen (secondary N) is 1. The molecule has 0 bridgehead atoms. The monoisotopic (exact) mass is 316 g/mol. The molecule has 0 aromatic carbocycles. The Hall–Kier alpha value is -2.08. The zero-order valence-corrected chi connectivity index (χ0v) is 14.0. The van der Waals surface area contributed by atoms with E-state index in [1.807, 2.05) is 30.3 Å². The molecule has 1 saturated heterocycles. The van der Waals surface area contributed by atoms with Crippen molar-refractivity contribution in [1.82, 2.24) is 14.3 Å². The molecule has 0 aliphatic carbocycles. The number of nitrogens with zero attached hydrogens (tertiary/aromatic N) is 3. The van der Waals surface area contributed by atoms with E-state index in [-0.39, 0.29) is 17.9 Å². The van der Waals surface area contributed by atoms with Crippen LogP contribution in [0.25, 0.3) is 5.52 Å². The lowest BCUT2D eigenvalue weighted by Gasteiger charge is -2.40. The number of hydrogen-bond donors (Lipinski definition) is 1. The smallest absolute Gasteiger partial charge is 0.248 e. The number of rotatable bonds is 4. The van der Waals surface area contributed by atoms with Gasteiger partial charge in [0.15, 0.2) is 0 Å². The summed E-state index contributed by atoms with van der Waals surface area (Å²) >= 11 is 0. The molecule has 124 valence electrons. The van der Waals surface area contributed by atoms with Gasteiger partial charge in [-0.05, 0) is 25.0 Å². The molecule has 1 fully saturated rings. The van der Waals surface area contributed by atoms with Crippen molar-refractivity contribution < 1.29 is 9.53 Å². The fraction of sp³-hybridized carbons (Fsp3) is 0.529. The van der Waals surface area contributed by atoms with Crippen molar-refractivity contribution in [3.8, 4) is 0 Å². The predicted molar refractivity (Wildman–Crippen MR) is 89.8 cm³/mol. The molecule has 2 aromatic rings. The number of ether oxygens (including phenoxy) is 1. The maximum atomic E-state index is 12.2. The van der Waals surface area contributed by atoms with Gasteiger partial charge in [0, 0.05) is 45.1 Å². The minimum Gasteiger partial charge on any atom is -0.375 e. The first-order valence-electron chi connectivity index (χ1n) is 8.00. The molecule has 23 heavy (non-hydrogen) atoms. The SMILES string of the molecule is CNc1nc(C2(C)CCCN(C(=O)COC)C2)cn2cccc12. The van der Waals surface area contributed by atoms with Crippen molar-refractivity contribution in [2.45, 2.75) is 25.2 Å². The lowest BCUT2D eigenvalue weighted by molar-refractivity contribution is -0.137. The third-order valence-corrected chi connectivity index (χ3v) is 4.69. The molecule has 6 nitrogen and oxygen atoms in total. The minimum absolute atomic E-state index is 0.0503. The molecule has 0 spiro atoms. The lowest BCUT2D eigenvalue weighted by atomic mass is 9.79. The van der Waals surface area contributed by atoms with Gasteiger partial charge in [-0.25, -0.2) is 4.98 Å². The van der Waals surface area contributed by atoms with Crippen LogP contribution in [0.15, 0.2) is 24.5 Å². The highest BCUT2D eigenvalue weighted by Gasteiger charge is 2.36. The van der Waals surface area contributed by atoms with E-state index in [1.54, 1.807) is 7.11 Å². The molecule has 1 unspecified atom stereocenters. The normalized spacial score (nSPS) is 21.6.